The third-order valence-electron chi connectivity index (χ3n) is 4.41. The molecule has 0 saturated carbocycles. The molecule has 2 aromatic rings. The second-order valence-electron chi connectivity index (χ2n) is 5.85. The Labute approximate surface area is 138 Å². The molecule has 1 saturated heterocycles. The summed E-state index contributed by atoms with van der Waals surface area (Å²) in [5.41, 5.74) is 1.16. The number of morpholine rings is 1. The first-order chi connectivity index (χ1) is 11.2. The zero-order valence-electron chi connectivity index (χ0n) is 12.9. The third kappa shape index (κ3) is 2.64. The van der Waals surface area contributed by atoms with E-state index in [1.54, 1.807) is 18.1 Å². The average molecular weight is 330 g/mol. The van der Waals surface area contributed by atoms with Crippen LogP contribution in [0.3, 0.4) is 0 Å². The van der Waals surface area contributed by atoms with Crippen LogP contribution in [0, 0.1) is 0 Å². The van der Waals surface area contributed by atoms with Gasteiger partial charge in [-0.25, -0.2) is 0 Å². The van der Waals surface area contributed by atoms with E-state index in [-0.39, 0.29) is 17.9 Å². The van der Waals surface area contributed by atoms with Crippen LogP contribution in [0.5, 0.6) is 0 Å². The van der Waals surface area contributed by atoms with E-state index in [1.807, 2.05) is 28.6 Å². The molecule has 2 atom stereocenters. The number of aryl methyl sites for hydroxylation is 1. The Morgan fingerprint density at radius 1 is 1.39 bits per heavy atom. The van der Waals surface area contributed by atoms with Crippen molar-refractivity contribution < 1.29 is 9.53 Å². The van der Waals surface area contributed by atoms with Gasteiger partial charge in [-0.3, -0.25) is 4.79 Å². The van der Waals surface area contributed by atoms with Gasteiger partial charge in [0.15, 0.2) is 5.82 Å². The topological polar surface area (TPSA) is 60.2 Å². The minimum atomic E-state index is -0.204. The number of benzene rings is 1. The molecule has 1 aromatic carbocycles. The van der Waals surface area contributed by atoms with Crippen molar-refractivity contribution in [3.8, 4) is 0 Å². The summed E-state index contributed by atoms with van der Waals surface area (Å²) in [6, 6.07) is 8.19. The van der Waals surface area contributed by atoms with Crippen LogP contribution in [-0.4, -0.2) is 51.0 Å². The lowest BCUT2D eigenvalue weighted by atomic mass is 9.99. The average Bonchev–Trinajstić information content (AvgIpc) is 3.20. The summed E-state index contributed by atoms with van der Waals surface area (Å²) in [5.74, 6) is 1.74. The van der Waals surface area contributed by atoms with Gasteiger partial charge in [0.1, 0.15) is 12.4 Å². The van der Waals surface area contributed by atoms with Gasteiger partial charge in [0, 0.05) is 24.2 Å². The Balaban J connectivity index is 1.52. The SMILES string of the molecule is Cn1cnnc1[C@H]1CN(C(=O)[C@H]2CSc3ccccc32)CCO1. The molecule has 0 radical (unpaired) electrons. The molecule has 23 heavy (non-hydrogen) atoms. The van der Waals surface area contributed by atoms with Gasteiger partial charge in [-0.15, -0.1) is 22.0 Å². The number of carbonyl (C=O) groups excluding carboxylic acids is 1. The molecule has 120 valence electrons. The lowest BCUT2D eigenvalue weighted by Crippen LogP contribution is -2.45. The maximum Gasteiger partial charge on any atom is 0.231 e. The number of hydrogen-bond acceptors (Lipinski definition) is 5. The predicted molar refractivity (Wildman–Crippen MR) is 86.2 cm³/mol. The zero-order valence-corrected chi connectivity index (χ0v) is 13.7. The molecule has 1 amide bonds. The molecule has 1 fully saturated rings. The summed E-state index contributed by atoms with van der Waals surface area (Å²) < 4.78 is 7.64. The first-order valence-electron chi connectivity index (χ1n) is 7.70. The highest BCUT2D eigenvalue weighted by atomic mass is 32.2. The van der Waals surface area contributed by atoms with Crippen molar-refractivity contribution in [3.05, 3.63) is 42.0 Å². The number of ether oxygens (including phenoxy) is 1. The van der Waals surface area contributed by atoms with Crippen molar-refractivity contribution in [3.63, 3.8) is 0 Å². The number of fused-ring (bicyclic) bond motifs is 1. The van der Waals surface area contributed by atoms with Crippen molar-refractivity contribution in [2.24, 2.45) is 7.05 Å². The number of nitrogens with zero attached hydrogens (tertiary/aromatic N) is 4. The quantitative estimate of drug-likeness (QED) is 0.837. The highest BCUT2D eigenvalue weighted by Gasteiger charge is 2.35. The molecule has 2 aliphatic rings. The maximum atomic E-state index is 13.0. The van der Waals surface area contributed by atoms with Crippen molar-refractivity contribution in [1.29, 1.82) is 0 Å². The summed E-state index contributed by atoms with van der Waals surface area (Å²) >= 11 is 1.76. The predicted octanol–water partition coefficient (Wildman–Crippen LogP) is 1.60. The molecule has 6 nitrogen and oxygen atoms in total. The van der Waals surface area contributed by atoms with Gasteiger partial charge in [-0.1, -0.05) is 18.2 Å². The molecule has 0 unspecified atom stereocenters. The van der Waals surface area contributed by atoms with Gasteiger partial charge in [0.2, 0.25) is 5.91 Å². The molecule has 2 aliphatic heterocycles. The molecule has 0 spiro atoms. The van der Waals surface area contributed by atoms with Gasteiger partial charge in [-0.2, -0.15) is 0 Å². The highest BCUT2D eigenvalue weighted by Crippen LogP contribution is 2.40. The van der Waals surface area contributed by atoms with Crippen molar-refractivity contribution in [2.75, 3.05) is 25.4 Å². The lowest BCUT2D eigenvalue weighted by molar-refractivity contribution is -0.140. The van der Waals surface area contributed by atoms with Gasteiger partial charge in [0.05, 0.1) is 19.1 Å². The van der Waals surface area contributed by atoms with E-state index in [0.29, 0.717) is 19.7 Å². The molecule has 4 rings (SSSR count). The van der Waals surface area contributed by atoms with Gasteiger partial charge in [0.25, 0.3) is 0 Å². The van der Waals surface area contributed by atoms with Gasteiger partial charge >= 0.3 is 0 Å². The Morgan fingerprint density at radius 2 is 2.26 bits per heavy atom. The van der Waals surface area contributed by atoms with Crippen molar-refractivity contribution in [1.82, 2.24) is 19.7 Å². The smallest absolute Gasteiger partial charge is 0.231 e. The Bertz CT molecular complexity index is 732. The molecule has 1 aromatic heterocycles. The Morgan fingerprint density at radius 3 is 3.09 bits per heavy atom. The Hall–Kier alpha value is -1.86. The van der Waals surface area contributed by atoms with Crippen LogP contribution in [0.4, 0.5) is 0 Å². The minimum absolute atomic E-state index is 0.0468. The molecule has 0 bridgehead atoms. The number of thioether (sulfide) groups is 1. The van der Waals surface area contributed by atoms with Crippen LogP contribution in [0.15, 0.2) is 35.5 Å². The van der Waals surface area contributed by atoms with E-state index in [4.69, 9.17) is 4.74 Å². The fraction of sp³-hybridized carbons (Fsp3) is 0.438. The van der Waals surface area contributed by atoms with Crippen LogP contribution < -0.4 is 0 Å². The summed E-state index contributed by atoms with van der Waals surface area (Å²) in [5, 5.41) is 8.01. The van der Waals surface area contributed by atoms with Crippen LogP contribution in [-0.2, 0) is 16.6 Å². The molecular formula is C16H18N4O2S. The van der Waals surface area contributed by atoms with Crippen molar-refractivity contribution >= 4 is 17.7 Å². The number of amides is 1. The second-order valence-corrected chi connectivity index (χ2v) is 6.91. The highest BCUT2D eigenvalue weighted by molar-refractivity contribution is 7.99. The van der Waals surface area contributed by atoms with Crippen LogP contribution in [0.2, 0.25) is 0 Å². The van der Waals surface area contributed by atoms with E-state index in [1.165, 1.54) is 4.90 Å². The second kappa shape index (κ2) is 5.98. The van der Waals surface area contributed by atoms with Gasteiger partial charge < -0.3 is 14.2 Å². The first-order valence-corrected chi connectivity index (χ1v) is 8.68. The third-order valence-corrected chi connectivity index (χ3v) is 5.59. The van der Waals surface area contributed by atoms with Crippen LogP contribution >= 0.6 is 11.8 Å². The fourth-order valence-electron chi connectivity index (χ4n) is 3.18. The first kappa shape index (κ1) is 14.7. The minimum Gasteiger partial charge on any atom is -0.366 e. The molecule has 7 heteroatoms. The zero-order chi connectivity index (χ0) is 15.8. The standard InChI is InChI=1S/C16H18N4O2S/c1-19-10-17-18-15(19)13-8-20(6-7-22-13)16(21)12-9-23-14-5-3-2-4-11(12)14/h2-5,10,12-13H,6-9H2,1H3/t12-,13+/m0/s1. The van der Waals surface area contributed by atoms with Gasteiger partial charge in [-0.05, 0) is 11.6 Å². The maximum absolute atomic E-state index is 13.0. The van der Waals surface area contributed by atoms with E-state index < -0.39 is 0 Å². The summed E-state index contributed by atoms with van der Waals surface area (Å²) in [6.45, 7) is 1.70. The fourth-order valence-corrected chi connectivity index (χ4v) is 4.40. The van der Waals surface area contributed by atoms with Crippen LogP contribution in [0.25, 0.3) is 0 Å². The number of carbonyl (C=O) groups is 1. The van der Waals surface area contributed by atoms with E-state index >= 15 is 0 Å². The number of hydrogen-bond donors (Lipinski definition) is 0. The van der Waals surface area contributed by atoms with E-state index in [2.05, 4.69) is 22.3 Å². The number of rotatable bonds is 2. The summed E-state index contributed by atoms with van der Waals surface area (Å²) in [6.07, 6.45) is 1.45. The normalized spacial score (nSPS) is 23.8. The largest absolute Gasteiger partial charge is 0.366 e. The number of aromatic nitrogens is 3. The molecule has 0 aliphatic carbocycles. The summed E-state index contributed by atoms with van der Waals surface area (Å²) in [4.78, 5) is 16.1. The van der Waals surface area contributed by atoms with Crippen molar-refractivity contribution in [2.45, 2.75) is 16.9 Å². The monoisotopic (exact) mass is 330 g/mol. The summed E-state index contributed by atoms with van der Waals surface area (Å²) in [7, 11) is 1.89. The lowest BCUT2D eigenvalue weighted by Gasteiger charge is -2.34. The molecule has 3 heterocycles. The molecular weight excluding hydrogens is 312 g/mol. The van der Waals surface area contributed by atoms with E-state index in [9.17, 15) is 4.79 Å². The molecule has 0 N–H and O–H groups in total. The Kier molecular flexibility index (Phi) is 3.82. The van der Waals surface area contributed by atoms with E-state index in [0.717, 1.165) is 17.1 Å². The van der Waals surface area contributed by atoms with Crippen LogP contribution in [0.1, 0.15) is 23.4 Å².